The van der Waals surface area contributed by atoms with Gasteiger partial charge in [0.2, 0.25) is 11.6 Å². The topological polar surface area (TPSA) is 120 Å². The van der Waals surface area contributed by atoms with Crippen molar-refractivity contribution in [2.45, 2.75) is 31.0 Å². The van der Waals surface area contributed by atoms with Gasteiger partial charge in [0.1, 0.15) is 5.75 Å². The number of hydrazine groups is 1. The van der Waals surface area contributed by atoms with Crippen LogP contribution in [0.4, 0.5) is 0 Å². The molecule has 0 aromatic heterocycles. The molecule has 0 bridgehead atoms. The van der Waals surface area contributed by atoms with Crippen LogP contribution in [0.2, 0.25) is 0 Å². The van der Waals surface area contributed by atoms with Crippen LogP contribution in [0.25, 0.3) is 0 Å². The average Bonchev–Trinajstić information content (AvgIpc) is 3.49. The van der Waals surface area contributed by atoms with Crippen molar-refractivity contribution in [1.29, 1.82) is 0 Å². The second kappa shape index (κ2) is 16.3. The number of carbonyl (C=O) groups is 1. The molecule has 0 spiro atoms. The van der Waals surface area contributed by atoms with Crippen molar-refractivity contribution in [3.05, 3.63) is 116 Å². The van der Waals surface area contributed by atoms with Gasteiger partial charge in [-0.2, -0.15) is 0 Å². The highest BCUT2D eigenvalue weighted by molar-refractivity contribution is 9.10. The number of ether oxygens (including phenoxy) is 5. The lowest BCUT2D eigenvalue weighted by molar-refractivity contribution is -0.130. The fraction of sp³-hybridized carbons (Fsp3) is 0.278. The largest absolute Gasteiger partial charge is 0.494 e. The molecule has 5 rings (SSSR count). The van der Waals surface area contributed by atoms with Crippen molar-refractivity contribution in [2.75, 3.05) is 34.5 Å². The molecular formula is C36H37Br2N3O7. The van der Waals surface area contributed by atoms with Gasteiger partial charge in [-0.05, 0) is 77.4 Å². The highest BCUT2D eigenvalue weighted by atomic mass is 79.9. The van der Waals surface area contributed by atoms with Gasteiger partial charge in [-0.1, -0.05) is 56.1 Å². The summed E-state index contributed by atoms with van der Waals surface area (Å²) < 4.78 is 30.6. The van der Waals surface area contributed by atoms with Crippen LogP contribution < -0.4 is 29.8 Å². The van der Waals surface area contributed by atoms with E-state index in [0.29, 0.717) is 47.5 Å². The summed E-state index contributed by atoms with van der Waals surface area (Å²) in [5.41, 5.74) is 7.80. The lowest BCUT2D eigenvalue weighted by Crippen LogP contribution is -2.53. The third kappa shape index (κ3) is 8.12. The molecule has 252 valence electrons. The molecule has 10 nitrogen and oxygen atoms in total. The van der Waals surface area contributed by atoms with Crippen LogP contribution in [0.1, 0.15) is 34.8 Å². The number of benzene rings is 4. The number of aliphatic hydroxyl groups excluding tert-OH is 1. The molecule has 0 fully saturated rings. The summed E-state index contributed by atoms with van der Waals surface area (Å²) in [4.78, 5) is 19.6. The van der Waals surface area contributed by atoms with E-state index in [9.17, 15) is 4.79 Å². The van der Waals surface area contributed by atoms with E-state index in [-0.39, 0.29) is 25.5 Å². The van der Waals surface area contributed by atoms with Crippen molar-refractivity contribution in [2.24, 2.45) is 4.99 Å². The molecule has 0 saturated heterocycles. The van der Waals surface area contributed by atoms with Gasteiger partial charge >= 0.3 is 0 Å². The van der Waals surface area contributed by atoms with Crippen molar-refractivity contribution in [3.8, 4) is 23.0 Å². The SMILES string of the molecule is COc1cc(CNNC(=O)[C@@]2(Cc3ccc(Br)cc3)N=C(c3ccc(OCCCO)cc3)O[C@H]2c2ccc(Br)cc2)cc(OC)c1OC. The minimum atomic E-state index is -1.39. The Hall–Kier alpha value is -4.10. The van der Waals surface area contributed by atoms with Gasteiger partial charge < -0.3 is 28.8 Å². The van der Waals surface area contributed by atoms with Crippen molar-refractivity contribution >= 4 is 43.7 Å². The molecule has 4 aromatic carbocycles. The van der Waals surface area contributed by atoms with E-state index in [0.717, 1.165) is 25.6 Å². The predicted octanol–water partition coefficient (Wildman–Crippen LogP) is 6.32. The Morgan fingerprint density at radius 3 is 2.08 bits per heavy atom. The summed E-state index contributed by atoms with van der Waals surface area (Å²) >= 11 is 7.03. The van der Waals surface area contributed by atoms with Crippen molar-refractivity contribution in [3.63, 3.8) is 0 Å². The normalized spacial score (nSPS) is 16.9. The summed E-state index contributed by atoms with van der Waals surface area (Å²) in [5.74, 6) is 2.11. The Morgan fingerprint density at radius 1 is 0.875 bits per heavy atom. The number of rotatable bonds is 15. The molecule has 1 amide bonds. The first-order valence-electron chi connectivity index (χ1n) is 15.2. The number of aliphatic hydroxyl groups is 1. The smallest absolute Gasteiger partial charge is 0.266 e. The standard InChI is InChI=1S/C36H37Br2N3O7/c1-44-30-19-24(20-31(45-2)32(30)46-3)22-39-41-35(43)36(21-23-5-11-27(37)12-6-23)33(25-7-13-28(38)14-8-25)48-34(40-36)26-9-15-29(16-10-26)47-18-4-17-42/h5-16,19-20,33,39,42H,4,17-18,21-22H2,1-3H3,(H,41,43)/t33-,36-/m0/s1. The summed E-state index contributed by atoms with van der Waals surface area (Å²) in [6.07, 6.45) is 0.0332. The Kier molecular flexibility index (Phi) is 12.0. The summed E-state index contributed by atoms with van der Waals surface area (Å²) in [5, 5.41) is 9.08. The molecule has 1 aliphatic rings. The zero-order valence-electron chi connectivity index (χ0n) is 26.8. The Morgan fingerprint density at radius 2 is 1.50 bits per heavy atom. The second-order valence-electron chi connectivity index (χ2n) is 11.0. The number of amides is 1. The predicted molar refractivity (Wildman–Crippen MR) is 190 cm³/mol. The number of aliphatic imine (C=N–C) groups is 1. The molecule has 12 heteroatoms. The minimum Gasteiger partial charge on any atom is -0.494 e. The number of carbonyl (C=O) groups excluding carboxylic acids is 1. The van der Waals surface area contributed by atoms with Gasteiger partial charge in [-0.3, -0.25) is 10.2 Å². The van der Waals surface area contributed by atoms with E-state index in [4.69, 9.17) is 33.8 Å². The number of hydrogen-bond donors (Lipinski definition) is 3. The molecule has 1 heterocycles. The number of nitrogens with zero attached hydrogens (tertiary/aromatic N) is 1. The summed E-state index contributed by atoms with van der Waals surface area (Å²) in [6, 6.07) is 26.5. The van der Waals surface area contributed by atoms with Crippen molar-refractivity contribution < 1.29 is 33.6 Å². The maximum atomic E-state index is 14.5. The number of nitrogens with one attached hydrogen (secondary N) is 2. The summed E-state index contributed by atoms with van der Waals surface area (Å²) in [7, 11) is 4.65. The first-order valence-corrected chi connectivity index (χ1v) is 16.8. The van der Waals surface area contributed by atoms with Crippen LogP contribution >= 0.6 is 31.9 Å². The Bertz CT molecular complexity index is 1690. The second-order valence-corrected chi connectivity index (χ2v) is 12.8. The lowest BCUT2D eigenvalue weighted by Gasteiger charge is -2.31. The van der Waals surface area contributed by atoms with E-state index in [1.807, 2.05) is 84.9 Å². The first kappa shape index (κ1) is 35.2. The molecule has 4 aromatic rings. The molecule has 0 aliphatic carbocycles. The highest BCUT2D eigenvalue weighted by Gasteiger charge is 2.53. The molecule has 0 unspecified atom stereocenters. The van der Waals surface area contributed by atoms with E-state index >= 15 is 0 Å². The van der Waals surface area contributed by atoms with Gasteiger partial charge in [0.25, 0.3) is 5.91 Å². The monoisotopic (exact) mass is 781 g/mol. The maximum Gasteiger partial charge on any atom is 0.266 e. The van der Waals surface area contributed by atoms with Crippen LogP contribution in [0, 0.1) is 0 Å². The fourth-order valence-electron chi connectivity index (χ4n) is 5.41. The fourth-order valence-corrected chi connectivity index (χ4v) is 5.93. The van der Waals surface area contributed by atoms with Crippen LogP contribution in [0.3, 0.4) is 0 Å². The Balaban J connectivity index is 1.50. The van der Waals surface area contributed by atoms with Gasteiger partial charge in [0, 0.05) is 40.5 Å². The molecule has 1 aliphatic heterocycles. The quantitative estimate of drug-likeness (QED) is 0.0948. The highest BCUT2D eigenvalue weighted by Crippen LogP contribution is 2.43. The number of hydrogen-bond acceptors (Lipinski definition) is 9. The Labute approximate surface area is 296 Å². The number of halogens is 2. The van der Waals surface area contributed by atoms with Gasteiger partial charge in [-0.25, -0.2) is 10.4 Å². The van der Waals surface area contributed by atoms with Crippen LogP contribution in [-0.4, -0.2) is 57.0 Å². The third-order valence-electron chi connectivity index (χ3n) is 7.81. The zero-order valence-corrected chi connectivity index (χ0v) is 30.0. The lowest BCUT2D eigenvalue weighted by atomic mass is 9.82. The van der Waals surface area contributed by atoms with Crippen molar-refractivity contribution in [1.82, 2.24) is 10.9 Å². The first-order chi connectivity index (χ1) is 23.3. The van der Waals surface area contributed by atoms with Crippen LogP contribution in [0.15, 0.2) is 98.9 Å². The van der Waals surface area contributed by atoms with Crippen LogP contribution in [0.5, 0.6) is 23.0 Å². The molecular weight excluding hydrogens is 746 g/mol. The minimum absolute atomic E-state index is 0.0556. The van der Waals surface area contributed by atoms with E-state index < -0.39 is 11.6 Å². The van der Waals surface area contributed by atoms with E-state index in [2.05, 4.69) is 42.7 Å². The summed E-state index contributed by atoms with van der Waals surface area (Å²) in [6.45, 7) is 0.716. The van der Waals surface area contributed by atoms with Crippen LogP contribution in [-0.2, 0) is 22.5 Å². The molecule has 2 atom stereocenters. The molecule has 0 radical (unpaired) electrons. The van der Waals surface area contributed by atoms with Gasteiger partial charge in [0.05, 0.1) is 27.9 Å². The molecule has 0 saturated carbocycles. The zero-order chi connectivity index (χ0) is 34.1. The van der Waals surface area contributed by atoms with E-state index in [1.165, 1.54) is 0 Å². The van der Waals surface area contributed by atoms with E-state index in [1.54, 1.807) is 21.3 Å². The third-order valence-corrected chi connectivity index (χ3v) is 8.87. The molecule has 3 N–H and O–H groups in total. The van der Waals surface area contributed by atoms with Gasteiger partial charge in [0.15, 0.2) is 23.1 Å². The number of methoxy groups -OCH3 is 3. The molecule has 48 heavy (non-hydrogen) atoms. The average molecular weight is 784 g/mol. The van der Waals surface area contributed by atoms with Gasteiger partial charge in [-0.15, -0.1) is 0 Å². The maximum absolute atomic E-state index is 14.5.